The van der Waals surface area contributed by atoms with Crippen LogP contribution in [-0.4, -0.2) is 26.5 Å². The van der Waals surface area contributed by atoms with Crippen molar-refractivity contribution in [3.63, 3.8) is 0 Å². The van der Waals surface area contributed by atoms with E-state index in [0.717, 1.165) is 21.1 Å². The minimum absolute atomic E-state index is 0.0289. The molecule has 0 saturated heterocycles. The Hall–Kier alpha value is -3.19. The van der Waals surface area contributed by atoms with Crippen LogP contribution in [0.25, 0.3) is 21.1 Å². The number of aryl methyl sites for hydroxylation is 1. The Morgan fingerprint density at radius 2 is 1.88 bits per heavy atom. The highest BCUT2D eigenvalue weighted by Crippen LogP contribution is 2.28. The maximum absolute atomic E-state index is 12.5. The molecule has 7 heteroatoms. The van der Waals surface area contributed by atoms with Gasteiger partial charge in [0.05, 0.1) is 16.6 Å². The Balaban J connectivity index is 1.67. The van der Waals surface area contributed by atoms with E-state index >= 15 is 0 Å². The Kier molecular flexibility index (Phi) is 3.93. The molecule has 0 atom stereocenters. The predicted molar refractivity (Wildman–Crippen MR) is 102 cm³/mol. The lowest BCUT2D eigenvalue weighted by Crippen LogP contribution is -2.16. The quantitative estimate of drug-likeness (QED) is 0.578. The van der Waals surface area contributed by atoms with Crippen LogP contribution in [0.2, 0.25) is 0 Å². The summed E-state index contributed by atoms with van der Waals surface area (Å²) in [7, 11) is 1.70. The number of thiazole rings is 1. The molecule has 2 aromatic heterocycles. The van der Waals surface area contributed by atoms with Gasteiger partial charge in [-0.15, -0.1) is 0 Å². The normalized spacial score (nSPS) is 11.1. The lowest BCUT2D eigenvalue weighted by Gasteiger charge is -2.04. The first-order valence-corrected chi connectivity index (χ1v) is 8.81. The van der Waals surface area contributed by atoms with Gasteiger partial charge in [-0.25, -0.2) is 9.78 Å². The van der Waals surface area contributed by atoms with Crippen LogP contribution < -0.4 is 5.32 Å². The second kappa shape index (κ2) is 6.27. The van der Waals surface area contributed by atoms with Crippen LogP contribution in [0.3, 0.4) is 0 Å². The van der Waals surface area contributed by atoms with Gasteiger partial charge >= 0.3 is 5.97 Å². The zero-order valence-electron chi connectivity index (χ0n) is 13.9. The molecule has 0 aliphatic rings. The van der Waals surface area contributed by atoms with E-state index in [-0.39, 0.29) is 18.0 Å². The number of aromatic carboxylic acids is 1. The first-order valence-electron chi connectivity index (χ1n) is 7.99. The Morgan fingerprint density at radius 1 is 1.15 bits per heavy atom. The van der Waals surface area contributed by atoms with Gasteiger partial charge < -0.3 is 15.0 Å². The lowest BCUT2D eigenvalue weighted by atomic mass is 10.1. The molecule has 0 radical (unpaired) electrons. The van der Waals surface area contributed by atoms with Crippen molar-refractivity contribution < 1.29 is 14.7 Å². The topological polar surface area (TPSA) is 84.2 Å². The van der Waals surface area contributed by atoms with Crippen molar-refractivity contribution in [1.29, 1.82) is 0 Å². The standard InChI is InChI=1S/C19H15N3O3S/c1-22-14-8-4-2-6-11(14)12(17(22)18(24)25)10-16(23)21-19-20-13-7-3-5-9-15(13)26-19/h2-9H,10H2,1H3,(H,24,25)(H,20,21,23). The molecular weight excluding hydrogens is 350 g/mol. The molecule has 0 aliphatic heterocycles. The van der Waals surface area contributed by atoms with E-state index in [1.54, 1.807) is 11.6 Å². The fraction of sp³-hybridized carbons (Fsp3) is 0.105. The summed E-state index contributed by atoms with van der Waals surface area (Å²) in [6.07, 6.45) is -0.0289. The number of hydrogen-bond acceptors (Lipinski definition) is 4. The number of para-hydroxylation sites is 2. The maximum Gasteiger partial charge on any atom is 0.352 e. The maximum atomic E-state index is 12.5. The van der Waals surface area contributed by atoms with E-state index in [9.17, 15) is 14.7 Å². The van der Waals surface area contributed by atoms with Crippen molar-refractivity contribution in [2.75, 3.05) is 5.32 Å². The number of fused-ring (bicyclic) bond motifs is 2. The number of carbonyl (C=O) groups is 2. The minimum Gasteiger partial charge on any atom is -0.477 e. The zero-order valence-corrected chi connectivity index (χ0v) is 14.7. The highest BCUT2D eigenvalue weighted by atomic mass is 32.1. The molecule has 0 unspecified atom stereocenters. The Labute approximate surface area is 152 Å². The van der Waals surface area contributed by atoms with Gasteiger partial charge in [-0.05, 0) is 18.2 Å². The van der Waals surface area contributed by atoms with Crippen molar-refractivity contribution in [1.82, 2.24) is 9.55 Å². The summed E-state index contributed by atoms with van der Waals surface area (Å²) >= 11 is 1.39. The number of aromatic nitrogens is 2. The number of nitrogens with zero attached hydrogens (tertiary/aromatic N) is 2. The van der Waals surface area contributed by atoms with E-state index in [1.807, 2.05) is 48.5 Å². The number of anilines is 1. The van der Waals surface area contributed by atoms with Crippen molar-refractivity contribution in [2.24, 2.45) is 7.05 Å². The molecule has 0 fully saturated rings. The van der Waals surface area contributed by atoms with E-state index in [2.05, 4.69) is 10.3 Å². The van der Waals surface area contributed by atoms with Crippen LogP contribution in [0, 0.1) is 0 Å². The molecule has 6 nitrogen and oxygen atoms in total. The van der Waals surface area contributed by atoms with Gasteiger partial charge in [0.2, 0.25) is 5.91 Å². The fourth-order valence-corrected chi connectivity index (χ4v) is 4.05. The summed E-state index contributed by atoms with van der Waals surface area (Å²) in [6.45, 7) is 0. The van der Waals surface area contributed by atoms with Crippen LogP contribution in [0.15, 0.2) is 48.5 Å². The molecule has 130 valence electrons. The van der Waals surface area contributed by atoms with Crippen LogP contribution >= 0.6 is 11.3 Å². The van der Waals surface area contributed by atoms with Crippen LogP contribution in [0.1, 0.15) is 16.1 Å². The highest BCUT2D eigenvalue weighted by Gasteiger charge is 2.22. The van der Waals surface area contributed by atoms with Crippen LogP contribution in [0.5, 0.6) is 0 Å². The number of carbonyl (C=O) groups excluding carboxylic acids is 1. The van der Waals surface area contributed by atoms with E-state index in [0.29, 0.717) is 10.7 Å². The molecule has 2 heterocycles. The van der Waals surface area contributed by atoms with Gasteiger partial charge in [0, 0.05) is 23.5 Å². The van der Waals surface area contributed by atoms with E-state index in [1.165, 1.54) is 11.3 Å². The monoisotopic (exact) mass is 365 g/mol. The van der Waals surface area contributed by atoms with Crippen molar-refractivity contribution in [2.45, 2.75) is 6.42 Å². The van der Waals surface area contributed by atoms with Crippen molar-refractivity contribution in [3.05, 3.63) is 59.8 Å². The Bertz CT molecular complexity index is 1130. The highest BCUT2D eigenvalue weighted by molar-refractivity contribution is 7.22. The van der Waals surface area contributed by atoms with Crippen molar-refractivity contribution in [3.8, 4) is 0 Å². The second-order valence-electron chi connectivity index (χ2n) is 5.92. The third kappa shape index (κ3) is 2.72. The second-order valence-corrected chi connectivity index (χ2v) is 6.95. The van der Waals surface area contributed by atoms with E-state index in [4.69, 9.17) is 0 Å². The number of benzene rings is 2. The summed E-state index contributed by atoms with van der Waals surface area (Å²) in [6, 6.07) is 15.0. The number of carboxylic acid groups (broad SMARTS) is 1. The molecule has 0 aliphatic carbocycles. The van der Waals surface area contributed by atoms with Crippen LogP contribution in [0.4, 0.5) is 5.13 Å². The van der Waals surface area contributed by atoms with Crippen molar-refractivity contribution >= 4 is 49.5 Å². The summed E-state index contributed by atoms with van der Waals surface area (Å²) in [5.41, 5.74) is 2.25. The molecule has 2 N–H and O–H groups in total. The largest absolute Gasteiger partial charge is 0.477 e. The number of carboxylic acids is 1. The summed E-state index contributed by atoms with van der Waals surface area (Å²) < 4.78 is 2.59. The first kappa shape index (κ1) is 16.3. The lowest BCUT2D eigenvalue weighted by molar-refractivity contribution is -0.115. The minimum atomic E-state index is -1.05. The molecule has 26 heavy (non-hydrogen) atoms. The number of hydrogen-bond donors (Lipinski definition) is 2. The number of rotatable bonds is 4. The van der Waals surface area contributed by atoms with E-state index < -0.39 is 5.97 Å². The molecule has 1 amide bonds. The molecular formula is C19H15N3O3S. The third-order valence-electron chi connectivity index (χ3n) is 4.29. The molecule has 2 aromatic carbocycles. The van der Waals surface area contributed by atoms with Gasteiger partial charge in [0.25, 0.3) is 0 Å². The average molecular weight is 365 g/mol. The number of nitrogens with one attached hydrogen (secondary N) is 1. The number of amides is 1. The van der Waals surface area contributed by atoms with Gasteiger partial charge in [0.1, 0.15) is 5.69 Å². The van der Waals surface area contributed by atoms with Gasteiger partial charge in [0.15, 0.2) is 5.13 Å². The summed E-state index contributed by atoms with van der Waals surface area (Å²) in [4.78, 5) is 28.6. The Morgan fingerprint density at radius 3 is 2.65 bits per heavy atom. The zero-order chi connectivity index (χ0) is 18.3. The molecule has 0 saturated carbocycles. The van der Waals surface area contributed by atoms with Gasteiger partial charge in [-0.3, -0.25) is 4.79 Å². The fourth-order valence-electron chi connectivity index (χ4n) is 3.17. The summed E-state index contributed by atoms with van der Waals surface area (Å²) in [5, 5.41) is 13.6. The average Bonchev–Trinajstić information content (AvgIpc) is 3.14. The molecule has 4 aromatic rings. The molecule has 0 bridgehead atoms. The van der Waals surface area contributed by atoms with Gasteiger partial charge in [-0.2, -0.15) is 0 Å². The van der Waals surface area contributed by atoms with Gasteiger partial charge in [-0.1, -0.05) is 41.7 Å². The third-order valence-corrected chi connectivity index (χ3v) is 5.24. The van der Waals surface area contributed by atoms with Crippen LogP contribution in [-0.2, 0) is 18.3 Å². The molecule has 4 rings (SSSR count). The molecule has 0 spiro atoms. The first-order chi connectivity index (χ1) is 12.5. The predicted octanol–water partition coefficient (Wildman–Crippen LogP) is 3.67. The smallest absolute Gasteiger partial charge is 0.352 e. The SMILES string of the molecule is Cn1c(C(=O)O)c(CC(=O)Nc2nc3ccccc3s2)c2ccccc21. The summed E-state index contributed by atoms with van der Waals surface area (Å²) in [5.74, 6) is -1.34.